The van der Waals surface area contributed by atoms with Crippen LogP contribution in [0.2, 0.25) is 0 Å². The van der Waals surface area contributed by atoms with Crippen molar-refractivity contribution in [1.82, 2.24) is 14.9 Å². The molecule has 3 heteroatoms. The van der Waals surface area contributed by atoms with Crippen molar-refractivity contribution < 1.29 is 0 Å². The average molecular weight is 229 g/mol. The van der Waals surface area contributed by atoms with Gasteiger partial charge >= 0.3 is 0 Å². The highest BCUT2D eigenvalue weighted by atomic mass is 15.1. The predicted octanol–water partition coefficient (Wildman–Crippen LogP) is 2.27. The van der Waals surface area contributed by atoms with Crippen molar-refractivity contribution in [1.29, 1.82) is 0 Å². The fourth-order valence-corrected chi connectivity index (χ4v) is 1.91. The van der Waals surface area contributed by atoms with Crippen LogP contribution in [0.1, 0.15) is 22.5 Å². The Hall–Kier alpha value is -1.61. The Morgan fingerprint density at radius 2 is 2.06 bits per heavy atom. The van der Waals surface area contributed by atoms with Gasteiger partial charge in [0.15, 0.2) is 0 Å². The van der Waals surface area contributed by atoms with Gasteiger partial charge in [-0.1, -0.05) is 18.2 Å². The van der Waals surface area contributed by atoms with Crippen LogP contribution in [0.25, 0.3) is 0 Å². The molecule has 0 aliphatic heterocycles. The van der Waals surface area contributed by atoms with E-state index in [0.717, 1.165) is 18.9 Å². The van der Waals surface area contributed by atoms with E-state index in [9.17, 15) is 0 Å². The molecule has 1 aromatic carbocycles. The summed E-state index contributed by atoms with van der Waals surface area (Å²) in [5.74, 6) is 1.07. The van der Waals surface area contributed by atoms with Crippen LogP contribution in [0.3, 0.4) is 0 Å². The lowest BCUT2D eigenvalue weighted by atomic mass is 10.1. The molecule has 1 N–H and O–H groups in total. The number of aryl methyl sites for hydroxylation is 2. The minimum absolute atomic E-state index is 0.803. The Balaban J connectivity index is 2.19. The minimum atomic E-state index is 0.803. The molecule has 90 valence electrons. The second-order valence-corrected chi connectivity index (χ2v) is 4.42. The van der Waals surface area contributed by atoms with Crippen molar-refractivity contribution in [2.75, 3.05) is 7.05 Å². The first-order chi connectivity index (χ1) is 8.20. The van der Waals surface area contributed by atoms with Crippen LogP contribution in [0.5, 0.6) is 0 Å². The molecule has 0 aliphatic carbocycles. The summed E-state index contributed by atoms with van der Waals surface area (Å²) in [6, 6.07) is 6.61. The van der Waals surface area contributed by atoms with Gasteiger partial charge < -0.3 is 9.88 Å². The SMILES string of the molecule is CNCc1nccn1Cc1ccc(C)c(C)c1. The standard InChI is InChI=1S/C14H19N3/c1-11-4-5-13(8-12(11)2)10-17-7-6-16-14(17)9-15-3/h4-8,15H,9-10H2,1-3H3. The first-order valence-electron chi connectivity index (χ1n) is 5.91. The fourth-order valence-electron chi connectivity index (χ4n) is 1.91. The molecule has 1 aromatic heterocycles. The smallest absolute Gasteiger partial charge is 0.122 e. The second kappa shape index (κ2) is 5.15. The van der Waals surface area contributed by atoms with Crippen LogP contribution in [-0.2, 0) is 13.1 Å². The number of hydrogen-bond donors (Lipinski definition) is 1. The Labute approximate surface area is 103 Å². The molecule has 2 rings (SSSR count). The summed E-state index contributed by atoms with van der Waals surface area (Å²) in [7, 11) is 1.94. The van der Waals surface area contributed by atoms with Crippen LogP contribution >= 0.6 is 0 Å². The van der Waals surface area contributed by atoms with E-state index in [1.807, 2.05) is 19.4 Å². The molecule has 0 atom stereocenters. The topological polar surface area (TPSA) is 29.9 Å². The van der Waals surface area contributed by atoms with E-state index in [1.54, 1.807) is 0 Å². The van der Waals surface area contributed by atoms with E-state index in [0.29, 0.717) is 0 Å². The number of nitrogens with zero attached hydrogens (tertiary/aromatic N) is 2. The molecule has 0 bridgehead atoms. The zero-order chi connectivity index (χ0) is 12.3. The lowest BCUT2D eigenvalue weighted by molar-refractivity contribution is 0.673. The Morgan fingerprint density at radius 3 is 2.76 bits per heavy atom. The minimum Gasteiger partial charge on any atom is -0.329 e. The van der Waals surface area contributed by atoms with Crippen molar-refractivity contribution in [3.8, 4) is 0 Å². The fraction of sp³-hybridized carbons (Fsp3) is 0.357. The first-order valence-corrected chi connectivity index (χ1v) is 5.91. The Bertz CT molecular complexity index is 500. The third-order valence-electron chi connectivity index (χ3n) is 3.06. The zero-order valence-electron chi connectivity index (χ0n) is 10.7. The predicted molar refractivity (Wildman–Crippen MR) is 70.0 cm³/mol. The normalized spacial score (nSPS) is 10.8. The number of benzene rings is 1. The summed E-state index contributed by atoms with van der Waals surface area (Å²) < 4.78 is 2.18. The van der Waals surface area contributed by atoms with Crippen molar-refractivity contribution in [2.45, 2.75) is 26.9 Å². The molecule has 0 aliphatic rings. The van der Waals surface area contributed by atoms with Gasteiger partial charge in [-0.15, -0.1) is 0 Å². The summed E-state index contributed by atoms with van der Waals surface area (Å²) in [5.41, 5.74) is 4.01. The first kappa shape index (κ1) is 11.9. The van der Waals surface area contributed by atoms with Gasteiger partial charge in [-0.25, -0.2) is 4.98 Å². The van der Waals surface area contributed by atoms with E-state index in [1.165, 1.54) is 16.7 Å². The largest absolute Gasteiger partial charge is 0.329 e. The number of hydrogen-bond acceptors (Lipinski definition) is 2. The summed E-state index contributed by atoms with van der Waals surface area (Å²) in [4.78, 5) is 4.34. The maximum Gasteiger partial charge on any atom is 0.122 e. The second-order valence-electron chi connectivity index (χ2n) is 4.42. The van der Waals surface area contributed by atoms with Crippen LogP contribution < -0.4 is 5.32 Å². The van der Waals surface area contributed by atoms with Crippen LogP contribution in [0.4, 0.5) is 0 Å². The number of aromatic nitrogens is 2. The molecule has 3 nitrogen and oxygen atoms in total. The van der Waals surface area contributed by atoms with Crippen molar-refractivity contribution in [3.05, 3.63) is 53.1 Å². The van der Waals surface area contributed by atoms with Crippen molar-refractivity contribution in [3.63, 3.8) is 0 Å². The van der Waals surface area contributed by atoms with Crippen molar-refractivity contribution in [2.24, 2.45) is 0 Å². The van der Waals surface area contributed by atoms with Crippen LogP contribution in [-0.4, -0.2) is 16.6 Å². The van der Waals surface area contributed by atoms with E-state index in [2.05, 4.69) is 46.9 Å². The molecule has 0 fully saturated rings. The molecule has 0 unspecified atom stereocenters. The summed E-state index contributed by atoms with van der Waals surface area (Å²) in [6.07, 6.45) is 3.88. The summed E-state index contributed by atoms with van der Waals surface area (Å²) >= 11 is 0. The lowest BCUT2D eigenvalue weighted by Crippen LogP contribution is -2.12. The van der Waals surface area contributed by atoms with Gasteiger partial charge in [-0.3, -0.25) is 0 Å². The maximum absolute atomic E-state index is 4.34. The maximum atomic E-state index is 4.34. The molecule has 0 spiro atoms. The van der Waals surface area contributed by atoms with Crippen LogP contribution in [0.15, 0.2) is 30.6 Å². The van der Waals surface area contributed by atoms with Crippen molar-refractivity contribution >= 4 is 0 Å². The molecule has 0 radical (unpaired) electrons. The van der Waals surface area contributed by atoms with E-state index in [-0.39, 0.29) is 0 Å². The third kappa shape index (κ3) is 2.74. The van der Waals surface area contributed by atoms with Gasteiger partial charge in [0.2, 0.25) is 0 Å². The molecule has 17 heavy (non-hydrogen) atoms. The average Bonchev–Trinajstić information content (AvgIpc) is 2.72. The van der Waals surface area contributed by atoms with Gasteiger partial charge in [0.1, 0.15) is 5.82 Å². The highest BCUT2D eigenvalue weighted by Gasteiger charge is 2.03. The van der Waals surface area contributed by atoms with E-state index >= 15 is 0 Å². The number of nitrogens with one attached hydrogen (secondary N) is 1. The highest BCUT2D eigenvalue weighted by molar-refractivity contribution is 5.30. The lowest BCUT2D eigenvalue weighted by Gasteiger charge is -2.09. The van der Waals surface area contributed by atoms with Gasteiger partial charge in [-0.2, -0.15) is 0 Å². The number of rotatable bonds is 4. The third-order valence-corrected chi connectivity index (χ3v) is 3.06. The van der Waals surface area contributed by atoms with Gasteiger partial charge in [0.05, 0.1) is 6.54 Å². The van der Waals surface area contributed by atoms with E-state index < -0.39 is 0 Å². The molecule has 0 amide bonds. The highest BCUT2D eigenvalue weighted by Crippen LogP contribution is 2.12. The molecule has 0 saturated carbocycles. The number of imidazole rings is 1. The monoisotopic (exact) mass is 229 g/mol. The molecule has 1 heterocycles. The summed E-state index contributed by atoms with van der Waals surface area (Å²) in [5, 5.41) is 3.13. The Kier molecular flexibility index (Phi) is 3.59. The quantitative estimate of drug-likeness (QED) is 0.871. The zero-order valence-corrected chi connectivity index (χ0v) is 10.7. The van der Waals surface area contributed by atoms with E-state index in [4.69, 9.17) is 0 Å². The van der Waals surface area contributed by atoms with Crippen LogP contribution in [0, 0.1) is 13.8 Å². The molecule has 2 aromatic rings. The van der Waals surface area contributed by atoms with Gasteiger partial charge in [0.25, 0.3) is 0 Å². The molecular formula is C14H19N3. The summed E-state index contributed by atoms with van der Waals surface area (Å²) in [6.45, 7) is 5.99. The molecular weight excluding hydrogens is 210 g/mol. The van der Waals surface area contributed by atoms with Gasteiger partial charge in [-0.05, 0) is 37.6 Å². The Morgan fingerprint density at radius 1 is 1.24 bits per heavy atom. The molecule has 0 saturated heterocycles. The van der Waals surface area contributed by atoms with Gasteiger partial charge in [0, 0.05) is 18.9 Å².